The number of sulfonamides is 1. The number of carbonyl (C=O) groups excluding carboxylic acids is 2. The molecule has 0 atom stereocenters. The Bertz CT molecular complexity index is 2140. The molecule has 1 aliphatic rings. The summed E-state index contributed by atoms with van der Waals surface area (Å²) in [5, 5.41) is 5.30. The lowest BCUT2D eigenvalue weighted by atomic mass is 10.1. The van der Waals surface area contributed by atoms with Gasteiger partial charge >= 0.3 is 0 Å². The van der Waals surface area contributed by atoms with Crippen LogP contribution in [0.15, 0.2) is 124 Å². The molecular weight excluding hydrogens is 631 g/mol. The highest BCUT2D eigenvalue weighted by atomic mass is 32.2. The summed E-state index contributed by atoms with van der Waals surface area (Å²) >= 11 is 1.22. The van der Waals surface area contributed by atoms with Gasteiger partial charge in [0.05, 0.1) is 21.9 Å². The number of benzene rings is 5. The number of aliphatic imine (C=N–C) groups is 1. The zero-order chi connectivity index (χ0) is 33.0. The molecule has 0 aromatic heterocycles. The Morgan fingerprint density at radius 1 is 0.851 bits per heavy atom. The monoisotopic (exact) mass is 661 g/mol. The molecule has 47 heavy (non-hydrogen) atoms. The second kappa shape index (κ2) is 13.7. The highest BCUT2D eigenvalue weighted by Gasteiger charge is 2.25. The Morgan fingerprint density at radius 3 is 2.15 bits per heavy atom. The molecule has 5 aromatic rings. The number of aryl methyl sites for hydroxylation is 2. The van der Waals surface area contributed by atoms with Crippen LogP contribution < -0.4 is 14.8 Å². The highest BCUT2D eigenvalue weighted by molar-refractivity contribution is 8.18. The van der Waals surface area contributed by atoms with Gasteiger partial charge in [-0.05, 0) is 90.0 Å². The number of hydrogen-bond acceptors (Lipinski definition) is 7. The van der Waals surface area contributed by atoms with E-state index in [1.807, 2.05) is 80.6 Å². The zero-order valence-corrected chi connectivity index (χ0v) is 27.3. The lowest BCUT2D eigenvalue weighted by Crippen LogP contribution is -2.31. The molecule has 10 heteroatoms. The van der Waals surface area contributed by atoms with Crippen LogP contribution in [0.4, 0.5) is 5.69 Å². The SMILES string of the molecule is Cc1ccc(COc2cc3ccccc3cc2/C=C2/SC(=Nc3ccc(CC(=O)NS(=O)(=O)c4ccc(C)cc4)cc3)NC2=O)cc1. The topological polar surface area (TPSA) is 114 Å². The summed E-state index contributed by atoms with van der Waals surface area (Å²) in [6.45, 7) is 4.28. The molecule has 1 saturated heterocycles. The molecule has 2 amide bonds. The molecule has 5 aromatic carbocycles. The molecule has 0 saturated carbocycles. The summed E-state index contributed by atoms with van der Waals surface area (Å²) in [6.07, 6.45) is 1.69. The Balaban J connectivity index is 1.14. The van der Waals surface area contributed by atoms with Gasteiger partial charge in [0, 0.05) is 5.56 Å². The largest absolute Gasteiger partial charge is 0.488 e. The van der Waals surface area contributed by atoms with Crippen LogP contribution in [0.3, 0.4) is 0 Å². The lowest BCUT2D eigenvalue weighted by Gasteiger charge is -2.12. The first-order valence-corrected chi connectivity index (χ1v) is 17.1. The van der Waals surface area contributed by atoms with E-state index >= 15 is 0 Å². The molecule has 8 nitrogen and oxygen atoms in total. The maximum absolute atomic E-state index is 13.0. The summed E-state index contributed by atoms with van der Waals surface area (Å²) in [4.78, 5) is 30.5. The van der Waals surface area contributed by atoms with E-state index in [2.05, 4.69) is 15.0 Å². The zero-order valence-electron chi connectivity index (χ0n) is 25.7. The van der Waals surface area contributed by atoms with Crippen LogP contribution in [0.5, 0.6) is 5.75 Å². The van der Waals surface area contributed by atoms with Gasteiger partial charge in [0.15, 0.2) is 5.17 Å². The Hall–Kier alpha value is -5.19. The first-order chi connectivity index (χ1) is 22.6. The molecule has 0 spiro atoms. The number of thioether (sulfide) groups is 1. The molecule has 0 radical (unpaired) electrons. The van der Waals surface area contributed by atoms with Gasteiger partial charge in [-0.2, -0.15) is 0 Å². The fourth-order valence-corrected chi connectivity index (χ4v) is 6.71. The molecule has 6 rings (SSSR count). The van der Waals surface area contributed by atoms with Gasteiger partial charge in [-0.1, -0.05) is 83.9 Å². The molecule has 0 aliphatic carbocycles. The van der Waals surface area contributed by atoms with Gasteiger partial charge in [0.1, 0.15) is 12.4 Å². The van der Waals surface area contributed by atoms with Crippen molar-refractivity contribution in [1.29, 1.82) is 0 Å². The second-order valence-electron chi connectivity index (χ2n) is 11.2. The van der Waals surface area contributed by atoms with E-state index in [4.69, 9.17) is 4.74 Å². The number of ether oxygens (including phenoxy) is 1. The number of fused-ring (bicyclic) bond motifs is 1. The van der Waals surface area contributed by atoms with Crippen LogP contribution in [0, 0.1) is 13.8 Å². The van der Waals surface area contributed by atoms with E-state index in [0.29, 0.717) is 33.7 Å². The fraction of sp³-hybridized carbons (Fsp3) is 0.108. The molecular formula is C37H31N3O5S2. The second-order valence-corrected chi connectivity index (χ2v) is 13.9. The summed E-state index contributed by atoms with van der Waals surface area (Å²) < 4.78 is 33.4. The van der Waals surface area contributed by atoms with Crippen LogP contribution in [0.1, 0.15) is 27.8 Å². The fourth-order valence-electron chi connectivity index (χ4n) is 4.90. The molecule has 1 aliphatic heterocycles. The minimum atomic E-state index is -3.96. The first-order valence-electron chi connectivity index (χ1n) is 14.8. The Labute approximate surface area is 277 Å². The van der Waals surface area contributed by atoms with Gasteiger partial charge in [0.25, 0.3) is 15.9 Å². The summed E-state index contributed by atoms with van der Waals surface area (Å²) in [5.74, 6) is -0.245. The number of amides is 2. The van der Waals surface area contributed by atoms with Gasteiger partial charge in [-0.3, -0.25) is 9.59 Å². The van der Waals surface area contributed by atoms with Crippen molar-refractivity contribution in [3.05, 3.63) is 142 Å². The molecule has 236 valence electrons. The third-order valence-electron chi connectivity index (χ3n) is 7.44. The van der Waals surface area contributed by atoms with Crippen molar-refractivity contribution >= 4 is 61.3 Å². The van der Waals surface area contributed by atoms with Crippen molar-refractivity contribution in [2.75, 3.05) is 0 Å². The van der Waals surface area contributed by atoms with E-state index in [1.54, 1.807) is 36.4 Å². The van der Waals surface area contributed by atoms with Crippen molar-refractivity contribution in [3.8, 4) is 5.75 Å². The van der Waals surface area contributed by atoms with E-state index in [1.165, 1.54) is 29.5 Å². The number of hydrogen-bond donors (Lipinski definition) is 2. The number of amidine groups is 1. The van der Waals surface area contributed by atoms with E-state index in [-0.39, 0.29) is 17.2 Å². The van der Waals surface area contributed by atoms with Crippen LogP contribution in [-0.4, -0.2) is 25.4 Å². The predicted molar refractivity (Wildman–Crippen MR) is 187 cm³/mol. The van der Waals surface area contributed by atoms with Crippen LogP contribution in [0.25, 0.3) is 16.8 Å². The van der Waals surface area contributed by atoms with Crippen molar-refractivity contribution in [1.82, 2.24) is 10.0 Å². The minimum absolute atomic E-state index is 0.0266. The first kappa shape index (κ1) is 31.8. The number of rotatable bonds is 9. The average Bonchev–Trinajstić information content (AvgIpc) is 3.39. The molecule has 2 N–H and O–H groups in total. The van der Waals surface area contributed by atoms with Crippen molar-refractivity contribution in [2.24, 2.45) is 4.99 Å². The van der Waals surface area contributed by atoms with Crippen LogP contribution >= 0.6 is 11.8 Å². The number of nitrogens with one attached hydrogen (secondary N) is 2. The Morgan fingerprint density at radius 2 is 1.47 bits per heavy atom. The summed E-state index contributed by atoms with van der Waals surface area (Å²) in [7, 11) is -3.96. The standard InChI is InChI=1S/C37H31N3O5S2/c1-24-7-11-27(12-8-24)23-45-33-21-29-6-4-3-5-28(29)20-30(33)22-34-36(42)39-37(46-34)38-31-15-13-26(14-16-31)19-35(41)40-47(43,44)32-17-9-25(2)10-18-32/h3-18,20-22H,19,23H2,1-2H3,(H,40,41)(H,38,39,42)/b34-22+. The van der Waals surface area contributed by atoms with E-state index in [9.17, 15) is 18.0 Å². The Kier molecular flexibility index (Phi) is 9.24. The average molecular weight is 662 g/mol. The lowest BCUT2D eigenvalue weighted by molar-refractivity contribution is -0.118. The van der Waals surface area contributed by atoms with E-state index < -0.39 is 15.9 Å². The van der Waals surface area contributed by atoms with Gasteiger partial charge in [-0.25, -0.2) is 18.1 Å². The maximum Gasteiger partial charge on any atom is 0.264 e. The van der Waals surface area contributed by atoms with Crippen molar-refractivity contribution < 1.29 is 22.7 Å². The molecule has 1 heterocycles. The number of carbonyl (C=O) groups is 2. The maximum atomic E-state index is 13.0. The smallest absolute Gasteiger partial charge is 0.264 e. The van der Waals surface area contributed by atoms with Crippen molar-refractivity contribution in [2.45, 2.75) is 31.8 Å². The van der Waals surface area contributed by atoms with Crippen LogP contribution in [-0.2, 0) is 32.6 Å². The van der Waals surface area contributed by atoms with E-state index in [0.717, 1.165) is 27.5 Å². The molecule has 0 bridgehead atoms. The molecule has 0 unspecified atom stereocenters. The number of nitrogens with zero attached hydrogens (tertiary/aromatic N) is 1. The molecule has 1 fully saturated rings. The quantitative estimate of drug-likeness (QED) is 0.165. The third kappa shape index (κ3) is 7.97. The summed E-state index contributed by atoms with van der Waals surface area (Å²) in [5.41, 5.74) is 5.10. The normalized spacial score (nSPS) is 14.8. The summed E-state index contributed by atoms with van der Waals surface area (Å²) in [6, 6.07) is 33.2. The van der Waals surface area contributed by atoms with Gasteiger partial charge in [-0.15, -0.1) is 0 Å². The predicted octanol–water partition coefficient (Wildman–Crippen LogP) is 6.97. The van der Waals surface area contributed by atoms with Crippen LogP contribution in [0.2, 0.25) is 0 Å². The third-order valence-corrected chi connectivity index (χ3v) is 9.74. The van der Waals surface area contributed by atoms with Crippen molar-refractivity contribution in [3.63, 3.8) is 0 Å². The highest BCUT2D eigenvalue weighted by Crippen LogP contribution is 2.33. The van der Waals surface area contributed by atoms with Gasteiger partial charge < -0.3 is 10.1 Å². The minimum Gasteiger partial charge on any atom is -0.488 e. The van der Waals surface area contributed by atoms with Gasteiger partial charge in [0.2, 0.25) is 5.91 Å².